The predicted molar refractivity (Wildman–Crippen MR) is 94.7 cm³/mol. The molecule has 0 unspecified atom stereocenters. The summed E-state index contributed by atoms with van der Waals surface area (Å²) in [5.41, 5.74) is 3.72. The lowest BCUT2D eigenvalue weighted by atomic mass is 10.1. The minimum atomic E-state index is 0.472. The van der Waals surface area contributed by atoms with Gasteiger partial charge in [0.1, 0.15) is 5.69 Å². The first-order valence-corrected chi connectivity index (χ1v) is 7.62. The molecule has 114 valence electrons. The van der Waals surface area contributed by atoms with Crippen LogP contribution in [0.1, 0.15) is 11.1 Å². The summed E-state index contributed by atoms with van der Waals surface area (Å²) in [6.45, 7) is 1.45. The van der Waals surface area contributed by atoms with Gasteiger partial charge in [0.05, 0.1) is 5.69 Å². The summed E-state index contributed by atoms with van der Waals surface area (Å²) in [6.07, 6.45) is 0. The number of hydrogen-bond donors (Lipinski definition) is 0. The zero-order chi connectivity index (χ0) is 15.9. The van der Waals surface area contributed by atoms with Gasteiger partial charge in [-0.1, -0.05) is 72.8 Å². The molecule has 3 heteroatoms. The van der Waals surface area contributed by atoms with Crippen molar-refractivity contribution in [2.45, 2.75) is 13.1 Å². The largest absolute Gasteiger partial charge is 0.361 e. The van der Waals surface area contributed by atoms with Crippen LogP contribution < -0.4 is 4.90 Å². The summed E-state index contributed by atoms with van der Waals surface area (Å²) in [7, 11) is 0. The van der Waals surface area contributed by atoms with Gasteiger partial charge in [0.2, 0.25) is 0 Å². The van der Waals surface area contributed by atoms with Crippen LogP contribution in [-0.4, -0.2) is 0 Å². The minimum absolute atomic E-state index is 0.472. The molecule has 3 rings (SSSR count). The van der Waals surface area contributed by atoms with Gasteiger partial charge in [0.25, 0.3) is 0 Å². The van der Waals surface area contributed by atoms with E-state index in [9.17, 15) is 4.91 Å². The van der Waals surface area contributed by atoms with Crippen molar-refractivity contribution >= 4 is 11.4 Å². The molecule has 23 heavy (non-hydrogen) atoms. The maximum absolute atomic E-state index is 11.2. The van der Waals surface area contributed by atoms with Crippen LogP contribution >= 0.6 is 0 Å². The number of anilines is 1. The molecule has 0 heterocycles. The number of benzene rings is 3. The van der Waals surface area contributed by atoms with E-state index in [1.54, 1.807) is 6.07 Å². The molecule has 0 radical (unpaired) electrons. The van der Waals surface area contributed by atoms with E-state index in [-0.39, 0.29) is 0 Å². The normalized spacial score (nSPS) is 10.3. The molecule has 3 aromatic rings. The van der Waals surface area contributed by atoms with Gasteiger partial charge in [0.15, 0.2) is 0 Å². The zero-order valence-corrected chi connectivity index (χ0v) is 12.8. The molecular formula is C20H18N2O. The van der Waals surface area contributed by atoms with Crippen LogP contribution in [0.3, 0.4) is 0 Å². The van der Waals surface area contributed by atoms with Crippen molar-refractivity contribution in [2.75, 3.05) is 4.90 Å². The third kappa shape index (κ3) is 3.83. The Kier molecular flexibility index (Phi) is 4.79. The van der Waals surface area contributed by atoms with Crippen LogP contribution in [0.15, 0.2) is 90.1 Å². The van der Waals surface area contributed by atoms with Gasteiger partial charge in [-0.15, -0.1) is 4.91 Å². The van der Waals surface area contributed by atoms with Crippen molar-refractivity contribution in [2.24, 2.45) is 5.18 Å². The fourth-order valence-corrected chi connectivity index (χ4v) is 2.64. The van der Waals surface area contributed by atoms with E-state index in [1.807, 2.05) is 54.6 Å². The topological polar surface area (TPSA) is 32.7 Å². The Labute approximate surface area is 136 Å². The van der Waals surface area contributed by atoms with E-state index in [0.29, 0.717) is 5.69 Å². The van der Waals surface area contributed by atoms with E-state index < -0.39 is 0 Å². The summed E-state index contributed by atoms with van der Waals surface area (Å²) >= 11 is 0. The molecule has 0 amide bonds. The number of nitroso groups, excluding NO2 is 1. The van der Waals surface area contributed by atoms with Crippen LogP contribution in [-0.2, 0) is 13.1 Å². The molecule has 0 atom stereocenters. The van der Waals surface area contributed by atoms with Crippen molar-refractivity contribution in [3.05, 3.63) is 101 Å². The zero-order valence-electron chi connectivity index (χ0n) is 12.8. The predicted octanol–water partition coefficient (Wildman–Crippen LogP) is 5.29. The highest BCUT2D eigenvalue weighted by atomic mass is 16.3. The van der Waals surface area contributed by atoms with Crippen molar-refractivity contribution in [1.82, 2.24) is 0 Å². The Bertz CT molecular complexity index is 715. The van der Waals surface area contributed by atoms with Crippen LogP contribution in [0, 0.1) is 4.91 Å². The Morgan fingerprint density at radius 3 is 1.65 bits per heavy atom. The highest BCUT2D eigenvalue weighted by molar-refractivity contribution is 5.66. The van der Waals surface area contributed by atoms with Crippen molar-refractivity contribution < 1.29 is 0 Å². The molecule has 0 aliphatic heterocycles. The Morgan fingerprint density at radius 1 is 0.652 bits per heavy atom. The Hall–Kier alpha value is -2.94. The van der Waals surface area contributed by atoms with Gasteiger partial charge in [-0.05, 0) is 28.4 Å². The highest BCUT2D eigenvalue weighted by Crippen LogP contribution is 2.30. The molecule has 0 saturated carbocycles. The van der Waals surface area contributed by atoms with Gasteiger partial charge < -0.3 is 4.90 Å². The van der Waals surface area contributed by atoms with E-state index >= 15 is 0 Å². The molecule has 3 nitrogen and oxygen atoms in total. The summed E-state index contributed by atoms with van der Waals surface area (Å²) < 4.78 is 0. The lowest BCUT2D eigenvalue weighted by molar-refractivity contribution is 0.800. The summed E-state index contributed by atoms with van der Waals surface area (Å²) in [5, 5.41) is 3.18. The maximum atomic E-state index is 11.2. The first-order valence-electron chi connectivity index (χ1n) is 7.62. The monoisotopic (exact) mass is 302 g/mol. The van der Waals surface area contributed by atoms with Crippen molar-refractivity contribution in [3.63, 3.8) is 0 Å². The molecule has 0 aliphatic carbocycles. The van der Waals surface area contributed by atoms with Gasteiger partial charge in [-0.3, -0.25) is 0 Å². The summed E-state index contributed by atoms with van der Waals surface area (Å²) in [5.74, 6) is 0. The lowest BCUT2D eigenvalue weighted by Gasteiger charge is -2.26. The van der Waals surface area contributed by atoms with Crippen LogP contribution in [0.4, 0.5) is 11.4 Å². The molecule has 0 aromatic heterocycles. The van der Waals surface area contributed by atoms with Crippen molar-refractivity contribution in [1.29, 1.82) is 0 Å². The third-order valence-corrected chi connectivity index (χ3v) is 3.75. The van der Waals surface area contributed by atoms with E-state index in [2.05, 4.69) is 34.3 Å². The molecule has 0 bridgehead atoms. The SMILES string of the molecule is O=Nc1ccccc1N(Cc1ccccc1)Cc1ccccc1. The maximum Gasteiger partial charge on any atom is 0.131 e. The summed E-state index contributed by atoms with van der Waals surface area (Å²) in [4.78, 5) is 13.3. The second-order valence-electron chi connectivity index (χ2n) is 5.41. The van der Waals surface area contributed by atoms with Gasteiger partial charge in [-0.2, -0.15) is 0 Å². The number of hydrogen-bond acceptors (Lipinski definition) is 3. The van der Waals surface area contributed by atoms with E-state index in [4.69, 9.17) is 0 Å². The van der Waals surface area contributed by atoms with E-state index in [0.717, 1.165) is 18.8 Å². The third-order valence-electron chi connectivity index (χ3n) is 3.75. The van der Waals surface area contributed by atoms with Crippen LogP contribution in [0.5, 0.6) is 0 Å². The summed E-state index contributed by atoms with van der Waals surface area (Å²) in [6, 6.07) is 28.0. The second-order valence-corrected chi connectivity index (χ2v) is 5.41. The fraction of sp³-hybridized carbons (Fsp3) is 0.100. The number of nitrogens with zero attached hydrogens (tertiary/aromatic N) is 2. The molecule has 0 saturated heterocycles. The van der Waals surface area contributed by atoms with Crippen LogP contribution in [0.25, 0.3) is 0 Å². The second kappa shape index (κ2) is 7.36. The standard InChI is InChI=1S/C20H18N2O/c23-21-19-13-7-8-14-20(19)22(15-17-9-3-1-4-10-17)16-18-11-5-2-6-12-18/h1-14H,15-16H2. The molecule has 0 fully saturated rings. The van der Waals surface area contributed by atoms with Gasteiger partial charge >= 0.3 is 0 Å². The molecule has 0 N–H and O–H groups in total. The molecule has 0 aliphatic rings. The molecule has 0 spiro atoms. The average molecular weight is 302 g/mol. The van der Waals surface area contributed by atoms with Gasteiger partial charge in [-0.25, -0.2) is 0 Å². The number of para-hydroxylation sites is 1. The minimum Gasteiger partial charge on any atom is -0.361 e. The number of rotatable bonds is 6. The van der Waals surface area contributed by atoms with Gasteiger partial charge in [0, 0.05) is 13.1 Å². The quantitative estimate of drug-likeness (QED) is 0.579. The van der Waals surface area contributed by atoms with Crippen LogP contribution in [0.2, 0.25) is 0 Å². The first kappa shape index (κ1) is 15.0. The van der Waals surface area contributed by atoms with E-state index in [1.165, 1.54) is 11.1 Å². The molecule has 3 aromatic carbocycles. The highest BCUT2D eigenvalue weighted by Gasteiger charge is 2.12. The molecular weight excluding hydrogens is 284 g/mol. The van der Waals surface area contributed by atoms with Crippen molar-refractivity contribution in [3.8, 4) is 0 Å². The Morgan fingerprint density at radius 2 is 1.13 bits per heavy atom. The average Bonchev–Trinajstić information content (AvgIpc) is 2.63. The Balaban J connectivity index is 1.94. The lowest BCUT2D eigenvalue weighted by Crippen LogP contribution is -2.22. The smallest absolute Gasteiger partial charge is 0.131 e. The first-order chi connectivity index (χ1) is 11.4. The fourth-order valence-electron chi connectivity index (χ4n) is 2.64.